The predicted molar refractivity (Wildman–Crippen MR) is 135 cm³/mol. The number of aromatic nitrogens is 2. The Morgan fingerprint density at radius 1 is 1.19 bits per heavy atom. The number of ether oxygens (including phenoxy) is 2. The summed E-state index contributed by atoms with van der Waals surface area (Å²) in [6.07, 6.45) is 6.31. The van der Waals surface area contributed by atoms with Gasteiger partial charge in [0.05, 0.1) is 13.2 Å². The summed E-state index contributed by atoms with van der Waals surface area (Å²) < 4.78 is 16.4. The zero-order valence-electron chi connectivity index (χ0n) is 19.9. The molecule has 0 radical (unpaired) electrons. The standard InChI is InChI=1S/C22H40N6O3.HI/c1-4-23-21(24-15-19-26-20(27-31-19)18(3)30-5-2)25-16-22(9-7-6-8-10-22)17-28-11-13-29-14-12-28;/h18H,4-17H2,1-3H3,(H2,23,24,25);1H. The van der Waals surface area contributed by atoms with Crippen LogP contribution < -0.4 is 10.6 Å². The fourth-order valence-corrected chi connectivity index (χ4v) is 4.51. The second-order valence-electron chi connectivity index (χ2n) is 8.64. The van der Waals surface area contributed by atoms with Crippen molar-refractivity contribution < 1.29 is 14.0 Å². The quantitative estimate of drug-likeness (QED) is 0.254. The first-order valence-corrected chi connectivity index (χ1v) is 11.9. The van der Waals surface area contributed by atoms with Crippen molar-refractivity contribution in [2.45, 2.75) is 65.5 Å². The second-order valence-corrected chi connectivity index (χ2v) is 8.64. The monoisotopic (exact) mass is 564 g/mol. The van der Waals surface area contributed by atoms with Crippen molar-refractivity contribution in [1.82, 2.24) is 25.7 Å². The summed E-state index contributed by atoms with van der Waals surface area (Å²) in [5, 5.41) is 11.0. The summed E-state index contributed by atoms with van der Waals surface area (Å²) in [7, 11) is 0. The molecule has 2 aliphatic rings. The lowest BCUT2D eigenvalue weighted by atomic mass is 9.73. The Bertz CT molecular complexity index is 674. The first kappa shape index (κ1) is 27.3. The Hall–Kier alpha value is -0.980. The molecule has 32 heavy (non-hydrogen) atoms. The highest BCUT2D eigenvalue weighted by Gasteiger charge is 2.34. The van der Waals surface area contributed by atoms with E-state index in [0.29, 0.717) is 24.9 Å². The molecule has 1 saturated heterocycles. The largest absolute Gasteiger partial charge is 0.379 e. The first-order valence-electron chi connectivity index (χ1n) is 11.9. The summed E-state index contributed by atoms with van der Waals surface area (Å²) in [5.41, 5.74) is 0.288. The van der Waals surface area contributed by atoms with Crippen LogP contribution in [0.1, 0.15) is 70.7 Å². The Labute approximate surface area is 209 Å². The van der Waals surface area contributed by atoms with Gasteiger partial charge < -0.3 is 24.6 Å². The van der Waals surface area contributed by atoms with Crippen molar-refractivity contribution in [2.24, 2.45) is 10.4 Å². The Kier molecular flexibility index (Phi) is 12.2. The van der Waals surface area contributed by atoms with Crippen molar-refractivity contribution in [1.29, 1.82) is 0 Å². The van der Waals surface area contributed by atoms with Gasteiger partial charge in [0.2, 0.25) is 5.89 Å². The maximum atomic E-state index is 5.54. The molecule has 3 rings (SSSR count). The van der Waals surface area contributed by atoms with Crippen molar-refractivity contribution in [2.75, 3.05) is 52.5 Å². The fraction of sp³-hybridized carbons (Fsp3) is 0.864. The van der Waals surface area contributed by atoms with Gasteiger partial charge in [0, 0.05) is 44.7 Å². The number of halogens is 1. The molecule has 0 bridgehead atoms. The van der Waals surface area contributed by atoms with Crippen LogP contribution in [0.5, 0.6) is 0 Å². The topological polar surface area (TPSA) is 97.0 Å². The first-order chi connectivity index (χ1) is 15.1. The Morgan fingerprint density at radius 2 is 1.94 bits per heavy atom. The Morgan fingerprint density at radius 3 is 2.62 bits per heavy atom. The van der Waals surface area contributed by atoms with Gasteiger partial charge in [0.1, 0.15) is 12.6 Å². The number of hydrogen-bond acceptors (Lipinski definition) is 7. The molecule has 0 spiro atoms. The minimum absolute atomic E-state index is 0. The third kappa shape index (κ3) is 8.42. The predicted octanol–water partition coefficient (Wildman–Crippen LogP) is 3.12. The van der Waals surface area contributed by atoms with Gasteiger partial charge in [-0.1, -0.05) is 24.4 Å². The molecule has 2 N–H and O–H groups in total. The average molecular weight is 565 g/mol. The smallest absolute Gasteiger partial charge is 0.248 e. The highest BCUT2D eigenvalue weighted by atomic mass is 127. The van der Waals surface area contributed by atoms with Crippen LogP contribution in [0.2, 0.25) is 0 Å². The van der Waals surface area contributed by atoms with Gasteiger partial charge in [-0.05, 0) is 33.6 Å². The van der Waals surface area contributed by atoms with Crippen LogP contribution in [0.3, 0.4) is 0 Å². The molecule has 1 aliphatic carbocycles. The van der Waals surface area contributed by atoms with E-state index in [4.69, 9.17) is 14.0 Å². The third-order valence-corrected chi connectivity index (χ3v) is 6.19. The normalized spacial score (nSPS) is 20.4. The summed E-state index contributed by atoms with van der Waals surface area (Å²) in [5.74, 6) is 1.86. The van der Waals surface area contributed by atoms with E-state index in [1.54, 1.807) is 0 Å². The third-order valence-electron chi connectivity index (χ3n) is 6.19. The maximum Gasteiger partial charge on any atom is 0.248 e. The van der Waals surface area contributed by atoms with Gasteiger partial charge in [-0.25, -0.2) is 4.99 Å². The van der Waals surface area contributed by atoms with E-state index in [9.17, 15) is 0 Å². The number of guanidine groups is 1. The van der Waals surface area contributed by atoms with E-state index >= 15 is 0 Å². The average Bonchev–Trinajstić information content (AvgIpc) is 3.26. The fourth-order valence-electron chi connectivity index (χ4n) is 4.51. The molecular weight excluding hydrogens is 523 g/mol. The van der Waals surface area contributed by atoms with E-state index < -0.39 is 0 Å². The molecule has 2 fully saturated rings. The summed E-state index contributed by atoms with van der Waals surface area (Å²) in [4.78, 5) is 11.7. The van der Waals surface area contributed by atoms with Gasteiger partial charge in [0.25, 0.3) is 0 Å². The molecule has 1 saturated carbocycles. The van der Waals surface area contributed by atoms with Gasteiger partial charge in [-0.2, -0.15) is 4.98 Å². The molecule has 1 aromatic rings. The molecule has 0 amide bonds. The van der Waals surface area contributed by atoms with Crippen molar-refractivity contribution >= 4 is 29.9 Å². The highest BCUT2D eigenvalue weighted by molar-refractivity contribution is 14.0. The van der Waals surface area contributed by atoms with Crippen molar-refractivity contribution in [3.8, 4) is 0 Å². The molecule has 1 aliphatic heterocycles. The molecule has 9 nitrogen and oxygen atoms in total. The summed E-state index contributed by atoms with van der Waals surface area (Å²) >= 11 is 0. The highest BCUT2D eigenvalue weighted by Crippen LogP contribution is 2.36. The lowest BCUT2D eigenvalue weighted by Gasteiger charge is -2.42. The molecule has 0 aromatic carbocycles. The number of aliphatic imine (C=N–C) groups is 1. The van der Waals surface area contributed by atoms with Crippen LogP contribution in [-0.4, -0.2) is 73.5 Å². The van der Waals surface area contributed by atoms with Gasteiger partial charge in [0.15, 0.2) is 11.8 Å². The zero-order chi connectivity index (χ0) is 21.9. The molecule has 2 heterocycles. The van der Waals surface area contributed by atoms with E-state index in [1.165, 1.54) is 32.1 Å². The SMILES string of the molecule is CCNC(=NCc1nc(C(C)OCC)no1)NCC1(CN2CCOCC2)CCCCC1.I. The van der Waals surface area contributed by atoms with Gasteiger partial charge in [-0.15, -0.1) is 24.0 Å². The molecule has 1 aromatic heterocycles. The van der Waals surface area contributed by atoms with E-state index in [-0.39, 0.29) is 35.5 Å². The van der Waals surface area contributed by atoms with Crippen LogP contribution in [0.15, 0.2) is 9.52 Å². The minimum Gasteiger partial charge on any atom is -0.379 e. The lowest BCUT2D eigenvalue weighted by molar-refractivity contribution is 0.00820. The number of nitrogens with zero attached hydrogens (tertiary/aromatic N) is 4. The summed E-state index contributed by atoms with van der Waals surface area (Å²) in [6.45, 7) is 13.5. The number of hydrogen-bond donors (Lipinski definition) is 2. The van der Waals surface area contributed by atoms with Crippen LogP contribution in [0.4, 0.5) is 0 Å². The van der Waals surface area contributed by atoms with Crippen LogP contribution in [-0.2, 0) is 16.0 Å². The van der Waals surface area contributed by atoms with E-state index in [2.05, 4.69) is 37.6 Å². The molecule has 184 valence electrons. The van der Waals surface area contributed by atoms with Crippen molar-refractivity contribution in [3.05, 3.63) is 11.7 Å². The molecule has 10 heteroatoms. The van der Waals surface area contributed by atoms with Crippen LogP contribution in [0, 0.1) is 5.41 Å². The van der Waals surface area contributed by atoms with Gasteiger partial charge >= 0.3 is 0 Å². The van der Waals surface area contributed by atoms with E-state index in [1.807, 2.05) is 13.8 Å². The van der Waals surface area contributed by atoms with Crippen LogP contribution >= 0.6 is 24.0 Å². The lowest BCUT2D eigenvalue weighted by Crippen LogP contribution is -2.51. The summed E-state index contributed by atoms with van der Waals surface area (Å²) in [6, 6.07) is 0. The maximum absolute atomic E-state index is 5.54. The number of rotatable bonds is 10. The number of morpholine rings is 1. The second kappa shape index (κ2) is 14.3. The van der Waals surface area contributed by atoms with Crippen molar-refractivity contribution in [3.63, 3.8) is 0 Å². The Balaban J connectivity index is 0.00000363. The zero-order valence-corrected chi connectivity index (χ0v) is 22.2. The van der Waals surface area contributed by atoms with E-state index in [0.717, 1.165) is 51.9 Å². The molecule has 1 atom stereocenters. The molecular formula is C22H41IN6O3. The molecule has 1 unspecified atom stereocenters. The van der Waals surface area contributed by atoms with Crippen LogP contribution in [0.25, 0.3) is 0 Å². The van der Waals surface area contributed by atoms with Gasteiger partial charge in [-0.3, -0.25) is 4.90 Å². The number of nitrogens with one attached hydrogen (secondary N) is 2. The minimum atomic E-state index is -0.177.